The Morgan fingerprint density at radius 1 is 1.06 bits per heavy atom. The third-order valence-corrected chi connectivity index (χ3v) is 3.27. The third-order valence-electron chi connectivity index (χ3n) is 2.97. The lowest BCUT2D eigenvalue weighted by molar-refractivity contribution is 0.631. The van der Waals surface area contributed by atoms with Gasteiger partial charge in [-0.15, -0.1) is 0 Å². The molecule has 0 aliphatic carbocycles. The van der Waals surface area contributed by atoms with E-state index in [-0.39, 0.29) is 0 Å². The second-order valence-electron chi connectivity index (χ2n) is 4.17. The van der Waals surface area contributed by atoms with Crippen molar-refractivity contribution in [3.05, 3.63) is 59.1 Å². The summed E-state index contributed by atoms with van der Waals surface area (Å²) < 4.78 is 5.80. The Hall–Kier alpha value is -1.77. The number of halogens is 1. The van der Waals surface area contributed by atoms with Gasteiger partial charge in [-0.2, -0.15) is 0 Å². The molecular weight excluding hydrogens is 246 g/mol. The molecule has 0 saturated carbocycles. The molecule has 0 unspecified atom stereocenters. The molecule has 0 spiro atoms. The molecule has 1 aromatic heterocycles. The zero-order chi connectivity index (χ0) is 12.5. The van der Waals surface area contributed by atoms with Gasteiger partial charge in [0.25, 0.3) is 0 Å². The van der Waals surface area contributed by atoms with Gasteiger partial charge in [0.05, 0.1) is 5.02 Å². The number of benzene rings is 2. The molecule has 0 aliphatic rings. The number of hydrogen-bond donors (Lipinski definition) is 1. The minimum absolute atomic E-state index is 0.548. The average Bonchev–Trinajstić information content (AvgIpc) is 2.84. The summed E-state index contributed by atoms with van der Waals surface area (Å²) in [6.45, 7) is 0.548. The monoisotopic (exact) mass is 257 g/mol. The van der Waals surface area contributed by atoms with E-state index in [1.165, 1.54) is 0 Å². The third kappa shape index (κ3) is 1.90. The average molecular weight is 258 g/mol. The maximum Gasteiger partial charge on any atom is 0.153 e. The van der Waals surface area contributed by atoms with E-state index >= 15 is 0 Å². The van der Waals surface area contributed by atoms with Crippen molar-refractivity contribution in [1.82, 2.24) is 0 Å². The van der Waals surface area contributed by atoms with Gasteiger partial charge < -0.3 is 10.2 Å². The van der Waals surface area contributed by atoms with Crippen molar-refractivity contribution in [3.8, 4) is 11.3 Å². The molecule has 0 aliphatic heterocycles. The molecule has 0 radical (unpaired) electrons. The summed E-state index contributed by atoms with van der Waals surface area (Å²) in [7, 11) is 0. The van der Waals surface area contributed by atoms with Gasteiger partial charge in [-0.25, -0.2) is 0 Å². The van der Waals surface area contributed by atoms with Gasteiger partial charge in [0.1, 0.15) is 5.76 Å². The number of rotatable bonds is 2. The molecule has 1 heterocycles. The highest BCUT2D eigenvalue weighted by Gasteiger charge is 2.08. The fraction of sp³-hybridized carbons (Fsp3) is 0.0667. The zero-order valence-electron chi connectivity index (χ0n) is 9.69. The minimum Gasteiger partial charge on any atom is -0.455 e. The summed E-state index contributed by atoms with van der Waals surface area (Å²) in [4.78, 5) is 0. The van der Waals surface area contributed by atoms with Crippen LogP contribution in [0.3, 0.4) is 0 Å². The Morgan fingerprint density at radius 3 is 2.50 bits per heavy atom. The lowest BCUT2D eigenvalue weighted by Crippen LogP contribution is -1.94. The molecule has 0 bridgehead atoms. The van der Waals surface area contributed by atoms with Crippen LogP contribution >= 0.6 is 11.6 Å². The molecule has 0 saturated heterocycles. The number of nitrogens with two attached hydrogens (primary N) is 1. The van der Waals surface area contributed by atoms with E-state index in [1.807, 2.05) is 48.5 Å². The van der Waals surface area contributed by atoms with E-state index in [0.29, 0.717) is 11.6 Å². The van der Waals surface area contributed by atoms with Crippen LogP contribution in [0.5, 0.6) is 0 Å². The van der Waals surface area contributed by atoms with E-state index in [4.69, 9.17) is 21.8 Å². The molecule has 0 atom stereocenters. The SMILES string of the molecule is NCc1ccc(-c2cc3cccc(Cl)c3o2)cc1. The number of furan rings is 1. The fourth-order valence-corrected chi connectivity index (χ4v) is 2.20. The standard InChI is InChI=1S/C15H12ClNO/c16-13-3-1-2-12-8-14(18-15(12)13)11-6-4-10(9-17)5-7-11/h1-8H,9,17H2. The maximum absolute atomic E-state index is 6.10. The van der Waals surface area contributed by atoms with Crippen LogP contribution in [0.15, 0.2) is 52.9 Å². The van der Waals surface area contributed by atoms with Crippen LogP contribution in [-0.2, 0) is 6.54 Å². The lowest BCUT2D eigenvalue weighted by Gasteiger charge is -1.99. The predicted octanol–water partition coefficient (Wildman–Crippen LogP) is 4.21. The molecule has 3 aromatic rings. The van der Waals surface area contributed by atoms with E-state index in [2.05, 4.69) is 0 Å². The largest absolute Gasteiger partial charge is 0.455 e. The molecule has 0 amide bonds. The lowest BCUT2D eigenvalue weighted by atomic mass is 10.1. The molecule has 3 heteroatoms. The van der Waals surface area contributed by atoms with Crippen LogP contribution in [0, 0.1) is 0 Å². The van der Waals surface area contributed by atoms with Crippen LogP contribution in [-0.4, -0.2) is 0 Å². The predicted molar refractivity (Wildman–Crippen MR) is 74.6 cm³/mol. The van der Waals surface area contributed by atoms with Crippen molar-refractivity contribution in [1.29, 1.82) is 0 Å². The summed E-state index contributed by atoms with van der Waals surface area (Å²) >= 11 is 6.10. The Balaban J connectivity index is 2.10. The molecule has 3 rings (SSSR count). The summed E-state index contributed by atoms with van der Waals surface area (Å²) in [6, 6.07) is 15.8. The zero-order valence-corrected chi connectivity index (χ0v) is 10.4. The van der Waals surface area contributed by atoms with Crippen LogP contribution < -0.4 is 5.73 Å². The summed E-state index contributed by atoms with van der Waals surface area (Å²) in [5, 5.41) is 1.65. The Labute approximate surface area is 110 Å². The highest BCUT2D eigenvalue weighted by Crippen LogP contribution is 2.31. The van der Waals surface area contributed by atoms with Crippen molar-refractivity contribution in [2.75, 3.05) is 0 Å². The van der Waals surface area contributed by atoms with Gasteiger partial charge >= 0.3 is 0 Å². The topological polar surface area (TPSA) is 39.2 Å². The second kappa shape index (κ2) is 4.48. The highest BCUT2D eigenvalue weighted by atomic mass is 35.5. The summed E-state index contributed by atoms with van der Waals surface area (Å²) in [6.07, 6.45) is 0. The van der Waals surface area contributed by atoms with Crippen molar-refractivity contribution >= 4 is 22.6 Å². The van der Waals surface area contributed by atoms with Gasteiger partial charge in [-0.1, -0.05) is 48.0 Å². The second-order valence-corrected chi connectivity index (χ2v) is 4.58. The number of hydrogen-bond acceptors (Lipinski definition) is 2. The normalized spacial score (nSPS) is 11.0. The van der Waals surface area contributed by atoms with Crippen molar-refractivity contribution in [2.45, 2.75) is 6.54 Å². The number of fused-ring (bicyclic) bond motifs is 1. The quantitative estimate of drug-likeness (QED) is 0.747. The van der Waals surface area contributed by atoms with E-state index in [0.717, 1.165) is 27.9 Å². The van der Waals surface area contributed by atoms with Crippen LogP contribution in [0.1, 0.15) is 5.56 Å². The van der Waals surface area contributed by atoms with Gasteiger partial charge in [0.2, 0.25) is 0 Å². The maximum atomic E-state index is 6.10. The molecule has 2 aromatic carbocycles. The first-order valence-corrected chi connectivity index (χ1v) is 6.13. The van der Waals surface area contributed by atoms with Crippen LogP contribution in [0.4, 0.5) is 0 Å². The van der Waals surface area contributed by atoms with Gasteiger partial charge in [0, 0.05) is 17.5 Å². The Kier molecular flexibility index (Phi) is 2.82. The molecule has 0 fully saturated rings. The van der Waals surface area contributed by atoms with E-state index in [1.54, 1.807) is 0 Å². The van der Waals surface area contributed by atoms with Crippen molar-refractivity contribution in [2.24, 2.45) is 5.73 Å². The van der Waals surface area contributed by atoms with Crippen LogP contribution in [0.2, 0.25) is 5.02 Å². The Bertz CT molecular complexity index is 685. The Morgan fingerprint density at radius 2 is 1.83 bits per heavy atom. The fourth-order valence-electron chi connectivity index (χ4n) is 1.97. The molecule has 2 nitrogen and oxygen atoms in total. The van der Waals surface area contributed by atoms with Gasteiger partial charge in [-0.3, -0.25) is 0 Å². The summed E-state index contributed by atoms with van der Waals surface area (Å²) in [5.74, 6) is 0.821. The molecule has 18 heavy (non-hydrogen) atoms. The smallest absolute Gasteiger partial charge is 0.153 e. The van der Waals surface area contributed by atoms with Crippen LogP contribution in [0.25, 0.3) is 22.3 Å². The first-order chi connectivity index (χ1) is 8.78. The minimum atomic E-state index is 0.548. The van der Waals surface area contributed by atoms with Gasteiger partial charge in [-0.05, 0) is 17.7 Å². The van der Waals surface area contributed by atoms with E-state index < -0.39 is 0 Å². The highest BCUT2D eigenvalue weighted by molar-refractivity contribution is 6.34. The molecular formula is C15H12ClNO. The van der Waals surface area contributed by atoms with Crippen molar-refractivity contribution < 1.29 is 4.42 Å². The van der Waals surface area contributed by atoms with E-state index in [9.17, 15) is 0 Å². The van der Waals surface area contributed by atoms with Gasteiger partial charge in [0.15, 0.2) is 5.58 Å². The first kappa shape index (κ1) is 11.3. The number of para-hydroxylation sites is 1. The first-order valence-electron chi connectivity index (χ1n) is 5.75. The van der Waals surface area contributed by atoms with Crippen molar-refractivity contribution in [3.63, 3.8) is 0 Å². The molecule has 90 valence electrons. The summed E-state index contributed by atoms with van der Waals surface area (Å²) in [5.41, 5.74) is 8.44. The molecule has 2 N–H and O–H groups in total.